The fourth-order valence-corrected chi connectivity index (χ4v) is 3.02. The Labute approximate surface area is 119 Å². The van der Waals surface area contributed by atoms with E-state index < -0.39 is 0 Å². The van der Waals surface area contributed by atoms with Crippen LogP contribution in [0, 0.1) is 19.7 Å². The third-order valence-electron chi connectivity index (χ3n) is 4.42. The zero-order valence-electron chi connectivity index (χ0n) is 12.0. The van der Waals surface area contributed by atoms with E-state index in [4.69, 9.17) is 0 Å². The average molecular weight is 269 g/mol. The van der Waals surface area contributed by atoms with Gasteiger partial charge in [-0.05, 0) is 49.1 Å². The van der Waals surface area contributed by atoms with E-state index in [1.165, 1.54) is 22.3 Å². The fraction of sp³-hybridized carbons (Fsp3) is 0.333. The molecule has 1 nitrogen and oxygen atoms in total. The first kappa shape index (κ1) is 13.3. The number of rotatable bonds is 3. The molecule has 20 heavy (non-hydrogen) atoms. The Morgan fingerprint density at radius 2 is 1.75 bits per heavy atom. The second-order valence-corrected chi connectivity index (χ2v) is 6.00. The van der Waals surface area contributed by atoms with Crippen LogP contribution >= 0.6 is 0 Å². The van der Waals surface area contributed by atoms with Gasteiger partial charge in [0.2, 0.25) is 0 Å². The molecule has 1 saturated heterocycles. The van der Waals surface area contributed by atoms with Gasteiger partial charge >= 0.3 is 0 Å². The van der Waals surface area contributed by atoms with Crippen LogP contribution in [0.15, 0.2) is 42.5 Å². The Balaban J connectivity index is 1.93. The maximum Gasteiger partial charge on any atom is 0.123 e. The van der Waals surface area contributed by atoms with Crippen LogP contribution < -0.4 is 5.32 Å². The van der Waals surface area contributed by atoms with Crippen LogP contribution in [0.5, 0.6) is 0 Å². The van der Waals surface area contributed by atoms with Crippen molar-refractivity contribution in [2.75, 3.05) is 13.1 Å². The Hall–Kier alpha value is -1.67. The lowest BCUT2D eigenvalue weighted by Gasteiger charge is -2.44. The van der Waals surface area contributed by atoms with Crippen molar-refractivity contribution in [3.05, 3.63) is 70.5 Å². The van der Waals surface area contributed by atoms with E-state index >= 15 is 0 Å². The van der Waals surface area contributed by atoms with Gasteiger partial charge in [-0.2, -0.15) is 0 Å². The summed E-state index contributed by atoms with van der Waals surface area (Å²) >= 11 is 0. The summed E-state index contributed by atoms with van der Waals surface area (Å²) in [5.41, 5.74) is 5.39. The van der Waals surface area contributed by atoms with Crippen molar-refractivity contribution in [3.63, 3.8) is 0 Å². The molecule has 1 fully saturated rings. The lowest BCUT2D eigenvalue weighted by Crippen LogP contribution is -2.58. The van der Waals surface area contributed by atoms with Gasteiger partial charge in [0.1, 0.15) is 5.82 Å². The lowest BCUT2D eigenvalue weighted by atomic mass is 9.70. The fourth-order valence-electron chi connectivity index (χ4n) is 3.02. The van der Waals surface area contributed by atoms with Gasteiger partial charge < -0.3 is 5.32 Å². The van der Waals surface area contributed by atoms with Crippen LogP contribution in [0.2, 0.25) is 0 Å². The summed E-state index contributed by atoms with van der Waals surface area (Å²) in [6, 6.07) is 13.6. The predicted molar refractivity (Wildman–Crippen MR) is 80.6 cm³/mol. The molecule has 0 radical (unpaired) electrons. The van der Waals surface area contributed by atoms with Crippen molar-refractivity contribution >= 4 is 0 Å². The van der Waals surface area contributed by atoms with Gasteiger partial charge in [-0.1, -0.05) is 35.9 Å². The van der Waals surface area contributed by atoms with E-state index in [9.17, 15) is 4.39 Å². The highest BCUT2D eigenvalue weighted by molar-refractivity contribution is 5.38. The van der Waals surface area contributed by atoms with Crippen LogP contribution in [0.3, 0.4) is 0 Å². The molecule has 0 bridgehead atoms. The summed E-state index contributed by atoms with van der Waals surface area (Å²) in [5.74, 6) is -0.164. The second-order valence-electron chi connectivity index (χ2n) is 6.00. The number of nitrogens with one attached hydrogen (secondary N) is 1. The van der Waals surface area contributed by atoms with Gasteiger partial charge in [0.05, 0.1) is 0 Å². The van der Waals surface area contributed by atoms with Gasteiger partial charge in [0.15, 0.2) is 0 Å². The summed E-state index contributed by atoms with van der Waals surface area (Å²) < 4.78 is 13.1. The number of aryl methyl sites for hydroxylation is 2. The van der Waals surface area contributed by atoms with Crippen LogP contribution in [0.25, 0.3) is 0 Å². The third kappa shape index (κ3) is 2.36. The van der Waals surface area contributed by atoms with Gasteiger partial charge in [0.25, 0.3) is 0 Å². The molecule has 1 aliphatic rings. The highest BCUT2D eigenvalue weighted by atomic mass is 19.1. The van der Waals surface area contributed by atoms with Gasteiger partial charge in [0, 0.05) is 18.5 Å². The second kappa shape index (κ2) is 5.02. The van der Waals surface area contributed by atoms with Crippen molar-refractivity contribution in [1.82, 2.24) is 5.32 Å². The molecule has 2 heteroatoms. The molecule has 1 N–H and O–H groups in total. The molecule has 0 spiro atoms. The monoisotopic (exact) mass is 269 g/mol. The van der Waals surface area contributed by atoms with E-state index in [1.807, 2.05) is 12.1 Å². The molecule has 0 atom stereocenters. The number of halogens is 1. The van der Waals surface area contributed by atoms with Crippen LogP contribution in [-0.4, -0.2) is 13.1 Å². The van der Waals surface area contributed by atoms with Crippen molar-refractivity contribution in [2.24, 2.45) is 0 Å². The first-order valence-electron chi connectivity index (χ1n) is 7.12. The van der Waals surface area contributed by atoms with Crippen LogP contribution in [0.1, 0.15) is 22.3 Å². The van der Waals surface area contributed by atoms with E-state index in [1.54, 1.807) is 12.1 Å². The Bertz CT molecular complexity index is 612. The predicted octanol–water partition coefficient (Wildman–Crippen LogP) is 3.53. The molecule has 2 aromatic carbocycles. The maximum atomic E-state index is 13.1. The normalized spacial score (nSPS) is 16.8. The highest BCUT2D eigenvalue weighted by Gasteiger charge is 2.38. The van der Waals surface area contributed by atoms with Gasteiger partial charge in [-0.3, -0.25) is 0 Å². The van der Waals surface area contributed by atoms with Gasteiger partial charge in [-0.25, -0.2) is 4.39 Å². The Morgan fingerprint density at radius 1 is 1.05 bits per heavy atom. The van der Waals surface area contributed by atoms with E-state index in [0.29, 0.717) is 0 Å². The molecule has 0 saturated carbocycles. The quantitative estimate of drug-likeness (QED) is 0.899. The van der Waals surface area contributed by atoms with E-state index in [2.05, 4.69) is 37.4 Å². The molecular formula is C18H20FN. The summed E-state index contributed by atoms with van der Waals surface area (Å²) in [4.78, 5) is 0. The summed E-state index contributed by atoms with van der Waals surface area (Å²) in [5, 5.41) is 3.38. The Kier molecular flexibility index (Phi) is 3.35. The minimum atomic E-state index is -0.164. The number of benzene rings is 2. The zero-order chi connectivity index (χ0) is 14.2. The topological polar surface area (TPSA) is 12.0 Å². The van der Waals surface area contributed by atoms with Crippen molar-refractivity contribution in [3.8, 4) is 0 Å². The Morgan fingerprint density at radius 3 is 2.35 bits per heavy atom. The number of hydrogen-bond donors (Lipinski definition) is 1. The van der Waals surface area contributed by atoms with Crippen molar-refractivity contribution in [1.29, 1.82) is 0 Å². The molecule has 0 aliphatic carbocycles. The van der Waals surface area contributed by atoms with Gasteiger partial charge in [-0.15, -0.1) is 0 Å². The maximum absolute atomic E-state index is 13.1. The number of hydrogen-bond acceptors (Lipinski definition) is 1. The molecule has 2 aromatic rings. The first-order chi connectivity index (χ1) is 9.59. The molecule has 0 unspecified atom stereocenters. The van der Waals surface area contributed by atoms with Crippen LogP contribution in [0.4, 0.5) is 4.39 Å². The lowest BCUT2D eigenvalue weighted by molar-refractivity contribution is 0.274. The summed E-state index contributed by atoms with van der Waals surface area (Å²) in [6.07, 6.45) is 1.01. The van der Waals surface area contributed by atoms with Crippen molar-refractivity contribution in [2.45, 2.75) is 25.7 Å². The average Bonchev–Trinajstić information content (AvgIpc) is 2.39. The van der Waals surface area contributed by atoms with E-state index in [-0.39, 0.29) is 11.2 Å². The largest absolute Gasteiger partial charge is 0.315 e. The SMILES string of the molecule is Cc1ccc(C)c(CC2(c3ccc(F)cc3)CNC2)c1. The molecule has 1 heterocycles. The zero-order valence-corrected chi connectivity index (χ0v) is 12.0. The third-order valence-corrected chi connectivity index (χ3v) is 4.42. The van der Waals surface area contributed by atoms with E-state index in [0.717, 1.165) is 19.5 Å². The first-order valence-corrected chi connectivity index (χ1v) is 7.12. The standard InChI is InChI=1S/C18H20FN/c1-13-3-4-14(2)15(9-13)10-18(11-20-12-18)16-5-7-17(19)8-6-16/h3-9,20H,10-12H2,1-2H3. The molecule has 3 rings (SSSR count). The van der Waals surface area contributed by atoms with Crippen molar-refractivity contribution < 1.29 is 4.39 Å². The molecule has 0 aromatic heterocycles. The molecule has 104 valence electrons. The molecular weight excluding hydrogens is 249 g/mol. The summed E-state index contributed by atoms with van der Waals surface area (Å²) in [6.45, 7) is 6.23. The minimum absolute atomic E-state index is 0.117. The molecule has 0 amide bonds. The summed E-state index contributed by atoms with van der Waals surface area (Å²) in [7, 11) is 0. The highest BCUT2D eigenvalue weighted by Crippen LogP contribution is 2.33. The smallest absolute Gasteiger partial charge is 0.123 e. The molecule has 1 aliphatic heterocycles. The minimum Gasteiger partial charge on any atom is -0.315 e. The van der Waals surface area contributed by atoms with Crippen LogP contribution in [-0.2, 0) is 11.8 Å².